The standard InChI is InChI=1S/C25H31N6O5P/c1-37(2,34)26-8-12-35-15-11-30-16-18(27-28-30)17-31-24(32)20-5-3-4-19-22(29-9-13-36-14-10-29)7-6-21(23(19)20)25(31)33/h3-7,16H,8-15,17H2,1-2H3,(H,26,34). The van der Waals surface area contributed by atoms with Crippen molar-refractivity contribution in [1.82, 2.24) is 25.0 Å². The number of morpholine rings is 1. The maximum Gasteiger partial charge on any atom is 0.261 e. The number of hydrogen-bond acceptors (Lipinski definition) is 8. The summed E-state index contributed by atoms with van der Waals surface area (Å²) in [5, 5.41) is 12.8. The zero-order chi connectivity index (χ0) is 26.0. The maximum absolute atomic E-state index is 13.4. The van der Waals surface area contributed by atoms with E-state index in [1.807, 2.05) is 24.3 Å². The van der Waals surface area contributed by atoms with Crippen molar-refractivity contribution in [3.63, 3.8) is 0 Å². The highest BCUT2D eigenvalue weighted by Gasteiger charge is 2.34. The van der Waals surface area contributed by atoms with Crippen LogP contribution in [0.5, 0.6) is 0 Å². The zero-order valence-corrected chi connectivity index (χ0v) is 21.9. The molecule has 3 heterocycles. The van der Waals surface area contributed by atoms with Crippen molar-refractivity contribution in [3.8, 4) is 0 Å². The molecule has 2 aromatic carbocycles. The SMILES string of the molecule is CP(C)(=O)NCCOCCn1cc(CN2C(=O)c3cccc4c(N5CCOCC5)ccc(c34)C2=O)nn1. The van der Waals surface area contributed by atoms with Crippen molar-refractivity contribution in [3.05, 3.63) is 53.3 Å². The second-order valence-electron chi connectivity index (χ2n) is 9.50. The molecule has 37 heavy (non-hydrogen) atoms. The van der Waals surface area contributed by atoms with Gasteiger partial charge in [-0.15, -0.1) is 5.10 Å². The second kappa shape index (κ2) is 10.7. The summed E-state index contributed by atoms with van der Waals surface area (Å²) < 4.78 is 24.3. The molecule has 2 aliphatic heterocycles. The molecule has 0 spiro atoms. The van der Waals surface area contributed by atoms with Crippen LogP contribution in [0.2, 0.25) is 0 Å². The average Bonchev–Trinajstić information content (AvgIpc) is 3.34. The fraction of sp³-hybridized carbons (Fsp3) is 0.440. The van der Waals surface area contributed by atoms with Crippen molar-refractivity contribution >= 4 is 35.6 Å². The molecule has 1 aromatic heterocycles. The van der Waals surface area contributed by atoms with E-state index in [1.54, 1.807) is 30.3 Å². The molecule has 0 atom stereocenters. The van der Waals surface area contributed by atoms with Gasteiger partial charge in [-0.05, 0) is 18.2 Å². The minimum absolute atomic E-state index is 0.0335. The Kier molecular flexibility index (Phi) is 7.39. The number of nitrogens with one attached hydrogen (secondary N) is 1. The summed E-state index contributed by atoms with van der Waals surface area (Å²) in [6.07, 6.45) is 1.71. The Morgan fingerprint density at radius 1 is 1.05 bits per heavy atom. The molecular weight excluding hydrogens is 495 g/mol. The van der Waals surface area contributed by atoms with E-state index >= 15 is 0 Å². The van der Waals surface area contributed by atoms with Crippen molar-refractivity contribution in [2.75, 3.05) is 64.3 Å². The quantitative estimate of drug-likeness (QED) is 0.241. The molecule has 3 aromatic rings. The van der Waals surface area contributed by atoms with E-state index in [2.05, 4.69) is 20.3 Å². The Balaban J connectivity index is 1.27. The number of benzene rings is 2. The number of anilines is 1. The largest absolute Gasteiger partial charge is 0.378 e. The molecule has 1 saturated heterocycles. The first-order valence-electron chi connectivity index (χ1n) is 12.3. The van der Waals surface area contributed by atoms with E-state index in [9.17, 15) is 14.2 Å². The molecule has 0 bridgehead atoms. The van der Waals surface area contributed by atoms with Gasteiger partial charge in [-0.25, -0.2) is 4.68 Å². The number of carbonyl (C=O) groups excluding carboxylic acids is 2. The van der Waals surface area contributed by atoms with Crippen LogP contribution in [-0.4, -0.2) is 91.1 Å². The van der Waals surface area contributed by atoms with Gasteiger partial charge in [-0.2, -0.15) is 0 Å². The third-order valence-corrected chi connectivity index (χ3v) is 7.42. The number of rotatable bonds is 10. The van der Waals surface area contributed by atoms with Gasteiger partial charge in [0.15, 0.2) is 0 Å². The van der Waals surface area contributed by atoms with Crippen molar-refractivity contribution in [2.24, 2.45) is 0 Å². The highest BCUT2D eigenvalue weighted by Crippen LogP contribution is 2.36. The van der Waals surface area contributed by atoms with Gasteiger partial charge in [0, 0.05) is 60.6 Å². The Hall–Kier alpha value is -3.11. The van der Waals surface area contributed by atoms with Gasteiger partial charge in [-0.1, -0.05) is 17.3 Å². The summed E-state index contributed by atoms with van der Waals surface area (Å²) in [4.78, 5) is 30.3. The second-order valence-corrected chi connectivity index (χ2v) is 12.5. The maximum atomic E-state index is 13.4. The molecule has 0 saturated carbocycles. The minimum atomic E-state index is -2.26. The number of amides is 2. The predicted molar refractivity (Wildman–Crippen MR) is 139 cm³/mol. The lowest BCUT2D eigenvalue weighted by Gasteiger charge is -2.32. The number of imide groups is 1. The Bertz CT molecular complexity index is 1340. The number of aromatic nitrogens is 3. The van der Waals surface area contributed by atoms with Crippen LogP contribution >= 0.6 is 7.29 Å². The van der Waals surface area contributed by atoms with Crippen LogP contribution in [0.25, 0.3) is 10.8 Å². The smallest absolute Gasteiger partial charge is 0.261 e. The molecule has 2 amide bonds. The predicted octanol–water partition coefficient (Wildman–Crippen LogP) is 2.21. The Labute approximate surface area is 215 Å². The first-order valence-corrected chi connectivity index (χ1v) is 14.9. The highest BCUT2D eigenvalue weighted by molar-refractivity contribution is 7.60. The van der Waals surface area contributed by atoms with Crippen molar-refractivity contribution < 1.29 is 23.6 Å². The van der Waals surface area contributed by atoms with Crippen LogP contribution in [0, 0.1) is 0 Å². The first-order chi connectivity index (χ1) is 17.8. The lowest BCUT2D eigenvalue weighted by Crippen LogP contribution is -2.40. The van der Waals surface area contributed by atoms with Gasteiger partial charge in [0.1, 0.15) is 13.0 Å². The molecule has 0 unspecified atom stereocenters. The summed E-state index contributed by atoms with van der Waals surface area (Å²) in [6.45, 7) is 8.03. The van der Waals surface area contributed by atoms with Crippen LogP contribution in [0.1, 0.15) is 26.4 Å². The van der Waals surface area contributed by atoms with Crippen LogP contribution in [0.3, 0.4) is 0 Å². The van der Waals surface area contributed by atoms with Gasteiger partial charge in [0.25, 0.3) is 11.8 Å². The lowest BCUT2D eigenvalue weighted by molar-refractivity contribution is 0.0596. The minimum Gasteiger partial charge on any atom is -0.378 e. The van der Waals surface area contributed by atoms with E-state index in [0.29, 0.717) is 61.7 Å². The van der Waals surface area contributed by atoms with Gasteiger partial charge < -0.3 is 18.9 Å². The molecule has 11 nitrogen and oxygen atoms in total. The normalized spacial score (nSPS) is 16.2. The van der Waals surface area contributed by atoms with E-state index in [-0.39, 0.29) is 18.4 Å². The van der Waals surface area contributed by atoms with Crippen molar-refractivity contribution in [1.29, 1.82) is 0 Å². The molecular formula is C25H31N6O5P. The van der Waals surface area contributed by atoms with Gasteiger partial charge in [-0.3, -0.25) is 19.6 Å². The molecule has 12 heteroatoms. The van der Waals surface area contributed by atoms with Gasteiger partial charge in [0.05, 0.1) is 45.7 Å². The topological polar surface area (TPSA) is 119 Å². The molecule has 0 aliphatic carbocycles. The number of nitrogens with zero attached hydrogens (tertiary/aromatic N) is 5. The molecule has 0 radical (unpaired) electrons. The Morgan fingerprint density at radius 3 is 2.57 bits per heavy atom. The molecule has 1 fully saturated rings. The fourth-order valence-corrected chi connectivity index (χ4v) is 5.31. The summed E-state index contributed by atoms with van der Waals surface area (Å²) in [5.74, 6) is -0.673. The molecule has 196 valence electrons. The van der Waals surface area contributed by atoms with E-state index in [0.717, 1.165) is 24.2 Å². The van der Waals surface area contributed by atoms with E-state index in [4.69, 9.17) is 9.47 Å². The number of hydrogen-bond donors (Lipinski definition) is 1. The van der Waals surface area contributed by atoms with E-state index in [1.165, 1.54) is 4.90 Å². The third-order valence-electron chi connectivity index (χ3n) is 6.43. The van der Waals surface area contributed by atoms with Crippen LogP contribution < -0.4 is 9.99 Å². The third kappa shape index (κ3) is 5.60. The molecule has 1 N–H and O–H groups in total. The van der Waals surface area contributed by atoms with Gasteiger partial charge in [0.2, 0.25) is 0 Å². The molecule has 2 aliphatic rings. The average molecular weight is 527 g/mol. The number of carbonyl (C=O) groups is 2. The highest BCUT2D eigenvalue weighted by atomic mass is 31.2. The van der Waals surface area contributed by atoms with Crippen molar-refractivity contribution in [2.45, 2.75) is 13.1 Å². The monoisotopic (exact) mass is 526 g/mol. The lowest BCUT2D eigenvalue weighted by atomic mass is 9.92. The fourth-order valence-electron chi connectivity index (χ4n) is 4.68. The van der Waals surface area contributed by atoms with Crippen LogP contribution in [0.4, 0.5) is 5.69 Å². The zero-order valence-electron chi connectivity index (χ0n) is 21.1. The first kappa shape index (κ1) is 25.5. The Morgan fingerprint density at radius 2 is 1.81 bits per heavy atom. The van der Waals surface area contributed by atoms with E-state index < -0.39 is 7.29 Å². The summed E-state index contributed by atoms with van der Waals surface area (Å²) in [6, 6.07) is 9.39. The summed E-state index contributed by atoms with van der Waals surface area (Å²) in [7, 11) is -2.26. The molecule has 5 rings (SSSR count). The van der Waals surface area contributed by atoms with Crippen LogP contribution in [-0.2, 0) is 27.1 Å². The van der Waals surface area contributed by atoms with Crippen LogP contribution in [0.15, 0.2) is 36.5 Å². The summed E-state index contributed by atoms with van der Waals surface area (Å²) >= 11 is 0. The summed E-state index contributed by atoms with van der Waals surface area (Å²) in [5.41, 5.74) is 2.56. The van der Waals surface area contributed by atoms with Gasteiger partial charge >= 0.3 is 0 Å². The number of ether oxygens (including phenoxy) is 2.